The van der Waals surface area contributed by atoms with E-state index in [0.717, 1.165) is 19.3 Å². The molecule has 1 amide bonds. The van der Waals surface area contributed by atoms with Crippen molar-refractivity contribution in [3.05, 3.63) is 23.2 Å². The van der Waals surface area contributed by atoms with Crippen LogP contribution in [0.15, 0.2) is 18.2 Å². The van der Waals surface area contributed by atoms with Crippen LogP contribution in [0.5, 0.6) is 5.75 Å². The summed E-state index contributed by atoms with van der Waals surface area (Å²) in [7, 11) is 0. The fourth-order valence-electron chi connectivity index (χ4n) is 2.02. The van der Waals surface area contributed by atoms with Gasteiger partial charge in [0.1, 0.15) is 0 Å². The van der Waals surface area contributed by atoms with Gasteiger partial charge >= 0.3 is 0 Å². The zero-order chi connectivity index (χ0) is 10.5. The van der Waals surface area contributed by atoms with Crippen LogP contribution in [0.25, 0.3) is 0 Å². The van der Waals surface area contributed by atoms with E-state index < -0.39 is 5.60 Å². The number of ether oxygens (including phenoxy) is 1. The molecule has 0 unspecified atom stereocenters. The number of hydrogen-bond donors (Lipinski definition) is 1. The molecule has 2 aliphatic rings. The Morgan fingerprint density at radius 3 is 2.87 bits per heavy atom. The second kappa shape index (κ2) is 2.89. The smallest absolute Gasteiger partial charge is 0.268 e. The molecule has 1 saturated carbocycles. The first-order valence-electron chi connectivity index (χ1n) is 5.00. The van der Waals surface area contributed by atoms with Crippen molar-refractivity contribution in [1.29, 1.82) is 0 Å². The maximum absolute atomic E-state index is 11.8. The lowest BCUT2D eigenvalue weighted by atomic mass is 9.78. The number of amides is 1. The van der Waals surface area contributed by atoms with Gasteiger partial charge in [-0.15, -0.1) is 0 Å². The molecule has 4 heteroatoms. The standard InChI is InChI=1S/C11H10ClNO2/c12-7-3-1-4-8-9(7)15-11(5-2-6-11)10(14)13-8/h1,3-4H,2,5-6H2,(H,13,14). The van der Waals surface area contributed by atoms with Crippen LogP contribution in [0.2, 0.25) is 5.02 Å². The molecule has 0 saturated heterocycles. The highest BCUT2D eigenvalue weighted by Gasteiger charge is 2.49. The normalized spacial score (nSPS) is 21.3. The molecule has 1 aromatic carbocycles. The van der Waals surface area contributed by atoms with Gasteiger partial charge < -0.3 is 10.1 Å². The van der Waals surface area contributed by atoms with E-state index >= 15 is 0 Å². The van der Waals surface area contributed by atoms with Gasteiger partial charge in [-0.2, -0.15) is 0 Å². The highest BCUT2D eigenvalue weighted by atomic mass is 35.5. The third kappa shape index (κ3) is 1.16. The van der Waals surface area contributed by atoms with Crippen LogP contribution in [0.1, 0.15) is 19.3 Å². The summed E-state index contributed by atoms with van der Waals surface area (Å²) in [6.07, 6.45) is 2.60. The van der Waals surface area contributed by atoms with Crippen LogP contribution in [0, 0.1) is 0 Å². The minimum Gasteiger partial charge on any atom is -0.474 e. The van der Waals surface area contributed by atoms with Gasteiger partial charge in [0.15, 0.2) is 11.4 Å². The Bertz CT molecular complexity index is 440. The number of hydrogen-bond acceptors (Lipinski definition) is 2. The molecular weight excluding hydrogens is 214 g/mol. The van der Waals surface area contributed by atoms with Crippen molar-refractivity contribution < 1.29 is 9.53 Å². The summed E-state index contributed by atoms with van der Waals surface area (Å²) in [5, 5.41) is 3.40. The number of rotatable bonds is 0. The number of carbonyl (C=O) groups is 1. The SMILES string of the molecule is O=C1Nc2cccc(Cl)c2OC12CCC2. The zero-order valence-electron chi connectivity index (χ0n) is 8.05. The number of benzene rings is 1. The van der Waals surface area contributed by atoms with Crippen LogP contribution in [-0.4, -0.2) is 11.5 Å². The van der Waals surface area contributed by atoms with Crippen molar-refractivity contribution in [3.8, 4) is 5.75 Å². The van der Waals surface area contributed by atoms with Crippen molar-refractivity contribution in [2.75, 3.05) is 5.32 Å². The molecular formula is C11H10ClNO2. The van der Waals surface area contributed by atoms with E-state index in [2.05, 4.69) is 5.32 Å². The third-order valence-electron chi connectivity index (χ3n) is 3.09. The number of carbonyl (C=O) groups excluding carboxylic acids is 1. The molecule has 0 bridgehead atoms. The van der Waals surface area contributed by atoms with Crippen molar-refractivity contribution in [3.63, 3.8) is 0 Å². The molecule has 78 valence electrons. The average Bonchev–Trinajstić information content (AvgIpc) is 2.15. The van der Waals surface area contributed by atoms with Gasteiger partial charge in [0.05, 0.1) is 10.7 Å². The van der Waals surface area contributed by atoms with Crippen molar-refractivity contribution in [2.45, 2.75) is 24.9 Å². The lowest BCUT2D eigenvalue weighted by Crippen LogP contribution is -2.55. The monoisotopic (exact) mass is 223 g/mol. The first-order valence-corrected chi connectivity index (χ1v) is 5.38. The molecule has 0 atom stereocenters. The molecule has 1 fully saturated rings. The molecule has 1 aliphatic carbocycles. The summed E-state index contributed by atoms with van der Waals surface area (Å²) in [6, 6.07) is 5.36. The van der Waals surface area contributed by atoms with Gasteiger partial charge in [-0.1, -0.05) is 17.7 Å². The summed E-state index contributed by atoms with van der Waals surface area (Å²) in [5.41, 5.74) is 0.0304. The minimum absolute atomic E-state index is 0.0384. The summed E-state index contributed by atoms with van der Waals surface area (Å²) < 4.78 is 5.75. The van der Waals surface area contributed by atoms with Gasteiger partial charge in [-0.05, 0) is 31.4 Å². The maximum Gasteiger partial charge on any atom is 0.268 e. The predicted octanol–water partition coefficient (Wildman–Crippen LogP) is 2.59. The second-order valence-corrected chi connectivity index (χ2v) is 4.43. The number of anilines is 1. The highest BCUT2D eigenvalue weighted by molar-refractivity contribution is 6.32. The molecule has 1 spiro atoms. The average molecular weight is 224 g/mol. The van der Waals surface area contributed by atoms with Crippen LogP contribution >= 0.6 is 11.6 Å². The molecule has 3 rings (SSSR count). The third-order valence-corrected chi connectivity index (χ3v) is 3.39. The number of fused-ring (bicyclic) bond motifs is 1. The molecule has 15 heavy (non-hydrogen) atoms. The summed E-state index contributed by atoms with van der Waals surface area (Å²) >= 11 is 6.02. The molecule has 1 aliphatic heterocycles. The van der Waals surface area contributed by atoms with Gasteiger partial charge in [-0.25, -0.2) is 0 Å². The van der Waals surface area contributed by atoms with Crippen LogP contribution in [-0.2, 0) is 4.79 Å². The van der Waals surface area contributed by atoms with Gasteiger partial charge in [-0.3, -0.25) is 4.79 Å². The lowest BCUT2D eigenvalue weighted by molar-refractivity contribution is -0.139. The second-order valence-electron chi connectivity index (χ2n) is 4.02. The van der Waals surface area contributed by atoms with Crippen LogP contribution in [0.4, 0.5) is 5.69 Å². The maximum atomic E-state index is 11.8. The molecule has 1 heterocycles. The Kier molecular flexibility index (Phi) is 1.74. The zero-order valence-corrected chi connectivity index (χ0v) is 8.80. The topological polar surface area (TPSA) is 38.3 Å². The van der Waals surface area contributed by atoms with Gasteiger partial charge in [0.2, 0.25) is 0 Å². The predicted molar refractivity (Wildman–Crippen MR) is 57.3 cm³/mol. The van der Waals surface area contributed by atoms with Crippen molar-refractivity contribution >= 4 is 23.2 Å². The molecule has 0 radical (unpaired) electrons. The molecule has 1 aromatic rings. The highest BCUT2D eigenvalue weighted by Crippen LogP contribution is 2.46. The van der Waals surface area contributed by atoms with E-state index in [1.807, 2.05) is 0 Å². The van der Waals surface area contributed by atoms with E-state index in [1.54, 1.807) is 18.2 Å². The summed E-state index contributed by atoms with van der Waals surface area (Å²) in [4.78, 5) is 11.8. The molecule has 1 N–H and O–H groups in total. The first kappa shape index (κ1) is 9.04. The van der Waals surface area contributed by atoms with Crippen molar-refractivity contribution in [2.24, 2.45) is 0 Å². The lowest BCUT2D eigenvalue weighted by Gasteiger charge is -2.43. The Labute approximate surface area is 92.4 Å². The summed E-state index contributed by atoms with van der Waals surface area (Å²) in [5.74, 6) is 0.571. The first-order chi connectivity index (χ1) is 7.21. The fraction of sp³-hybridized carbons (Fsp3) is 0.364. The Hall–Kier alpha value is -1.22. The van der Waals surface area contributed by atoms with Crippen molar-refractivity contribution in [1.82, 2.24) is 0 Å². The van der Waals surface area contributed by atoms with E-state index in [1.165, 1.54) is 0 Å². The van der Waals surface area contributed by atoms with E-state index in [9.17, 15) is 4.79 Å². The Balaban J connectivity index is 2.07. The quantitative estimate of drug-likeness (QED) is 0.734. The van der Waals surface area contributed by atoms with Gasteiger partial charge in [0.25, 0.3) is 5.91 Å². The number of halogens is 1. The number of para-hydroxylation sites is 1. The van der Waals surface area contributed by atoms with E-state index in [4.69, 9.17) is 16.3 Å². The Morgan fingerprint density at radius 1 is 1.40 bits per heavy atom. The Morgan fingerprint density at radius 2 is 2.20 bits per heavy atom. The van der Waals surface area contributed by atoms with Gasteiger partial charge in [0, 0.05) is 0 Å². The molecule has 0 aromatic heterocycles. The minimum atomic E-state index is -0.641. The molecule has 3 nitrogen and oxygen atoms in total. The van der Waals surface area contributed by atoms with E-state index in [-0.39, 0.29) is 5.91 Å². The van der Waals surface area contributed by atoms with Crippen LogP contribution in [0.3, 0.4) is 0 Å². The van der Waals surface area contributed by atoms with E-state index in [0.29, 0.717) is 16.5 Å². The number of nitrogens with one attached hydrogen (secondary N) is 1. The largest absolute Gasteiger partial charge is 0.474 e. The summed E-state index contributed by atoms with van der Waals surface area (Å²) in [6.45, 7) is 0. The van der Waals surface area contributed by atoms with Crippen LogP contribution < -0.4 is 10.1 Å². The fourth-order valence-corrected chi connectivity index (χ4v) is 2.23.